The maximum atomic E-state index is 12.7. The van der Waals surface area contributed by atoms with Crippen LogP contribution in [-0.2, 0) is 6.54 Å². The minimum Gasteiger partial charge on any atom is -0.459 e. The van der Waals surface area contributed by atoms with E-state index in [2.05, 4.69) is 31.4 Å². The van der Waals surface area contributed by atoms with Crippen molar-refractivity contribution in [2.24, 2.45) is 5.92 Å². The maximum absolute atomic E-state index is 12.7. The lowest BCUT2D eigenvalue weighted by molar-refractivity contribution is 0.0996. The van der Waals surface area contributed by atoms with E-state index in [9.17, 15) is 9.59 Å². The number of nitrogens with one attached hydrogen (secondary N) is 2. The SMILES string of the molecule is CCNC(=O)N(Cc1cc(NC(=O)c2ccco2)ccc1N(C)C)[C@H](C)C(C)C. The second-order valence-electron chi connectivity index (χ2n) is 7.62. The van der Waals surface area contributed by atoms with Gasteiger partial charge in [-0.25, -0.2) is 4.79 Å². The topological polar surface area (TPSA) is 77.8 Å². The van der Waals surface area contributed by atoms with Crippen molar-refractivity contribution >= 4 is 23.3 Å². The quantitative estimate of drug-likeness (QED) is 0.697. The molecule has 1 aromatic carbocycles. The smallest absolute Gasteiger partial charge is 0.317 e. The van der Waals surface area contributed by atoms with Crippen molar-refractivity contribution in [3.05, 3.63) is 47.9 Å². The molecule has 0 radical (unpaired) electrons. The van der Waals surface area contributed by atoms with Crippen molar-refractivity contribution in [2.45, 2.75) is 40.3 Å². The predicted molar refractivity (Wildman–Crippen MR) is 116 cm³/mol. The Hall–Kier alpha value is -2.96. The van der Waals surface area contributed by atoms with Crippen LogP contribution in [0, 0.1) is 5.92 Å². The van der Waals surface area contributed by atoms with Gasteiger partial charge in [0.15, 0.2) is 5.76 Å². The van der Waals surface area contributed by atoms with Gasteiger partial charge in [-0.3, -0.25) is 4.79 Å². The van der Waals surface area contributed by atoms with E-state index in [0.717, 1.165) is 11.3 Å². The van der Waals surface area contributed by atoms with Gasteiger partial charge in [-0.15, -0.1) is 0 Å². The van der Waals surface area contributed by atoms with Gasteiger partial charge in [0.05, 0.1) is 6.26 Å². The Labute approximate surface area is 173 Å². The van der Waals surface area contributed by atoms with Gasteiger partial charge in [0.2, 0.25) is 0 Å². The molecule has 3 amide bonds. The largest absolute Gasteiger partial charge is 0.459 e. The van der Waals surface area contributed by atoms with Gasteiger partial charge >= 0.3 is 6.03 Å². The van der Waals surface area contributed by atoms with Crippen LogP contribution < -0.4 is 15.5 Å². The molecule has 1 atom stereocenters. The number of hydrogen-bond acceptors (Lipinski definition) is 4. The van der Waals surface area contributed by atoms with E-state index < -0.39 is 0 Å². The van der Waals surface area contributed by atoms with E-state index in [1.807, 2.05) is 49.0 Å². The Bertz CT molecular complexity index is 815. The maximum Gasteiger partial charge on any atom is 0.317 e. The van der Waals surface area contributed by atoms with Gasteiger partial charge in [0.25, 0.3) is 5.91 Å². The van der Waals surface area contributed by atoms with Gasteiger partial charge in [-0.1, -0.05) is 13.8 Å². The van der Waals surface area contributed by atoms with Crippen LogP contribution in [0.15, 0.2) is 41.0 Å². The standard InChI is InChI=1S/C22H32N4O3/c1-7-23-22(28)26(16(4)15(2)3)14-17-13-18(10-11-19(17)25(5)6)24-21(27)20-9-8-12-29-20/h8-13,15-16H,7,14H2,1-6H3,(H,23,28)(H,24,27)/t16-/m1/s1. The molecule has 158 valence electrons. The molecule has 7 heteroatoms. The van der Waals surface area contributed by atoms with E-state index in [1.165, 1.54) is 6.26 Å². The Balaban J connectivity index is 2.33. The third-order valence-electron chi connectivity index (χ3n) is 4.95. The average molecular weight is 401 g/mol. The van der Waals surface area contributed by atoms with E-state index in [0.29, 0.717) is 24.7 Å². The highest BCUT2D eigenvalue weighted by molar-refractivity contribution is 6.02. The van der Waals surface area contributed by atoms with Crippen molar-refractivity contribution < 1.29 is 14.0 Å². The number of nitrogens with zero attached hydrogens (tertiary/aromatic N) is 2. The zero-order valence-corrected chi connectivity index (χ0v) is 18.2. The summed E-state index contributed by atoms with van der Waals surface area (Å²) >= 11 is 0. The summed E-state index contributed by atoms with van der Waals surface area (Å²) in [6.45, 7) is 9.17. The van der Waals surface area contributed by atoms with Crippen LogP contribution in [0.5, 0.6) is 0 Å². The lowest BCUT2D eigenvalue weighted by Crippen LogP contribution is -2.46. The molecule has 1 aromatic heterocycles. The minimum atomic E-state index is -0.310. The number of benzene rings is 1. The normalized spacial score (nSPS) is 11.8. The van der Waals surface area contributed by atoms with E-state index in [1.54, 1.807) is 12.1 Å². The summed E-state index contributed by atoms with van der Waals surface area (Å²) in [5, 5.41) is 5.77. The van der Waals surface area contributed by atoms with Crippen molar-refractivity contribution in [2.75, 3.05) is 30.9 Å². The fourth-order valence-electron chi connectivity index (χ4n) is 3.02. The van der Waals surface area contributed by atoms with Crippen molar-refractivity contribution in [3.8, 4) is 0 Å². The zero-order chi connectivity index (χ0) is 21.6. The fourth-order valence-corrected chi connectivity index (χ4v) is 3.02. The summed E-state index contributed by atoms with van der Waals surface area (Å²) < 4.78 is 5.16. The highest BCUT2D eigenvalue weighted by atomic mass is 16.3. The first-order chi connectivity index (χ1) is 13.7. The number of carbonyl (C=O) groups is 2. The molecular formula is C22H32N4O3. The summed E-state index contributed by atoms with van der Waals surface area (Å²) in [5.41, 5.74) is 2.59. The van der Waals surface area contributed by atoms with Crippen LogP contribution in [-0.4, -0.2) is 43.5 Å². The Kier molecular flexibility index (Phi) is 7.70. The molecule has 0 aliphatic rings. The molecule has 2 rings (SSSR count). The Morgan fingerprint density at radius 3 is 2.41 bits per heavy atom. The number of rotatable bonds is 8. The number of anilines is 2. The second-order valence-corrected chi connectivity index (χ2v) is 7.62. The number of furan rings is 1. The van der Waals surface area contributed by atoms with Crippen molar-refractivity contribution in [3.63, 3.8) is 0 Å². The predicted octanol–water partition coefficient (Wildman–Crippen LogP) is 4.17. The van der Waals surface area contributed by atoms with E-state index in [-0.39, 0.29) is 23.7 Å². The summed E-state index contributed by atoms with van der Waals surface area (Å²) in [7, 11) is 3.92. The van der Waals surface area contributed by atoms with Gasteiger partial charge in [-0.05, 0) is 55.7 Å². The summed E-state index contributed by atoms with van der Waals surface area (Å²) in [5.74, 6) is 0.248. The van der Waals surface area contributed by atoms with E-state index in [4.69, 9.17) is 4.42 Å². The third-order valence-corrected chi connectivity index (χ3v) is 4.95. The lowest BCUT2D eigenvalue weighted by atomic mass is 10.0. The van der Waals surface area contributed by atoms with Crippen LogP contribution in [0.4, 0.5) is 16.2 Å². The first-order valence-corrected chi connectivity index (χ1v) is 9.94. The Morgan fingerprint density at radius 2 is 1.86 bits per heavy atom. The molecule has 0 spiro atoms. The third kappa shape index (κ3) is 5.76. The summed E-state index contributed by atoms with van der Waals surface area (Å²) in [6.07, 6.45) is 1.47. The van der Waals surface area contributed by atoms with Crippen LogP contribution in [0.25, 0.3) is 0 Å². The molecule has 2 N–H and O–H groups in total. The first kappa shape index (κ1) is 22.3. The van der Waals surface area contributed by atoms with Crippen molar-refractivity contribution in [1.82, 2.24) is 10.2 Å². The van der Waals surface area contributed by atoms with Crippen LogP contribution >= 0.6 is 0 Å². The van der Waals surface area contributed by atoms with Crippen LogP contribution in [0.3, 0.4) is 0 Å². The number of amides is 3. The fraction of sp³-hybridized carbons (Fsp3) is 0.455. The highest BCUT2D eigenvalue weighted by Gasteiger charge is 2.24. The first-order valence-electron chi connectivity index (χ1n) is 9.94. The minimum absolute atomic E-state index is 0.0536. The van der Waals surface area contributed by atoms with Gasteiger partial charge in [-0.2, -0.15) is 0 Å². The number of carbonyl (C=O) groups excluding carboxylic acids is 2. The number of hydrogen-bond donors (Lipinski definition) is 2. The molecule has 2 aromatic rings. The molecule has 0 bridgehead atoms. The second kappa shape index (κ2) is 10.0. The highest BCUT2D eigenvalue weighted by Crippen LogP contribution is 2.26. The molecule has 0 aliphatic carbocycles. The summed E-state index contributed by atoms with van der Waals surface area (Å²) in [4.78, 5) is 28.9. The molecular weight excluding hydrogens is 368 g/mol. The molecule has 0 fully saturated rings. The molecule has 0 aliphatic heterocycles. The Morgan fingerprint density at radius 1 is 1.14 bits per heavy atom. The molecule has 1 heterocycles. The molecule has 0 saturated heterocycles. The molecule has 7 nitrogen and oxygen atoms in total. The van der Waals surface area contributed by atoms with Crippen LogP contribution in [0.2, 0.25) is 0 Å². The van der Waals surface area contributed by atoms with Gasteiger partial charge in [0, 0.05) is 44.6 Å². The van der Waals surface area contributed by atoms with Gasteiger partial charge < -0.3 is 24.9 Å². The van der Waals surface area contributed by atoms with Gasteiger partial charge in [0.1, 0.15) is 0 Å². The monoisotopic (exact) mass is 400 g/mol. The van der Waals surface area contributed by atoms with E-state index >= 15 is 0 Å². The van der Waals surface area contributed by atoms with Crippen LogP contribution in [0.1, 0.15) is 43.8 Å². The molecule has 0 unspecified atom stereocenters. The molecule has 29 heavy (non-hydrogen) atoms. The average Bonchev–Trinajstić information content (AvgIpc) is 3.20. The lowest BCUT2D eigenvalue weighted by Gasteiger charge is -2.33. The molecule has 0 saturated carbocycles. The number of urea groups is 1. The zero-order valence-electron chi connectivity index (χ0n) is 18.2. The summed E-state index contributed by atoms with van der Waals surface area (Å²) in [6, 6.07) is 8.96. The van der Waals surface area contributed by atoms with Crippen molar-refractivity contribution in [1.29, 1.82) is 0 Å².